The predicted molar refractivity (Wildman–Crippen MR) is 92.2 cm³/mol. The van der Waals surface area contributed by atoms with Crippen LogP contribution in [0, 0.1) is 3.57 Å². The van der Waals surface area contributed by atoms with Gasteiger partial charge in [0.05, 0.1) is 5.69 Å². The summed E-state index contributed by atoms with van der Waals surface area (Å²) in [5, 5.41) is 0. The van der Waals surface area contributed by atoms with Crippen molar-refractivity contribution in [2.24, 2.45) is 0 Å². The number of amides is 1. The lowest BCUT2D eigenvalue weighted by Gasteiger charge is -2.27. The molecule has 0 aromatic heterocycles. The van der Waals surface area contributed by atoms with Crippen LogP contribution in [0.2, 0.25) is 0 Å². The second-order valence-electron chi connectivity index (χ2n) is 5.82. The Kier molecular flexibility index (Phi) is 6.05. The van der Waals surface area contributed by atoms with Crippen molar-refractivity contribution in [2.45, 2.75) is 40.2 Å². The van der Waals surface area contributed by atoms with Crippen LogP contribution < -0.4 is 4.90 Å². The molecule has 1 aromatic carbocycles. The van der Waals surface area contributed by atoms with Crippen LogP contribution in [0.4, 0.5) is 10.5 Å². The first kappa shape index (κ1) is 17.0. The van der Waals surface area contributed by atoms with Crippen molar-refractivity contribution in [3.63, 3.8) is 0 Å². The van der Waals surface area contributed by atoms with Crippen LogP contribution in [0.3, 0.4) is 0 Å². The van der Waals surface area contributed by atoms with E-state index in [2.05, 4.69) is 22.6 Å². The van der Waals surface area contributed by atoms with Crippen molar-refractivity contribution in [3.05, 3.63) is 39.5 Å². The number of rotatable bonds is 3. The SMILES string of the molecule is CC(C)=CCN(C(=O)OC(C)(C)C)c1ccccc1I. The number of carbonyl (C=O) groups is 1. The summed E-state index contributed by atoms with van der Waals surface area (Å²) in [6, 6.07) is 7.80. The van der Waals surface area contributed by atoms with E-state index >= 15 is 0 Å². The van der Waals surface area contributed by atoms with Gasteiger partial charge in [-0.3, -0.25) is 4.90 Å². The molecule has 0 atom stereocenters. The molecule has 0 aliphatic rings. The normalized spacial score (nSPS) is 10.9. The molecular formula is C16H22INO2. The van der Waals surface area contributed by atoms with Crippen LogP contribution in [-0.2, 0) is 4.74 Å². The van der Waals surface area contributed by atoms with Gasteiger partial charge < -0.3 is 4.74 Å². The van der Waals surface area contributed by atoms with Crippen molar-refractivity contribution in [1.29, 1.82) is 0 Å². The Morgan fingerprint density at radius 2 is 1.90 bits per heavy atom. The van der Waals surface area contributed by atoms with E-state index in [4.69, 9.17) is 4.74 Å². The molecule has 1 aromatic rings. The largest absolute Gasteiger partial charge is 0.443 e. The van der Waals surface area contributed by atoms with Crippen molar-refractivity contribution in [3.8, 4) is 0 Å². The maximum atomic E-state index is 12.4. The topological polar surface area (TPSA) is 29.5 Å². The monoisotopic (exact) mass is 387 g/mol. The average molecular weight is 387 g/mol. The van der Waals surface area contributed by atoms with Gasteiger partial charge in [0, 0.05) is 10.1 Å². The summed E-state index contributed by atoms with van der Waals surface area (Å²) in [4.78, 5) is 14.1. The van der Waals surface area contributed by atoms with E-state index < -0.39 is 5.60 Å². The number of ether oxygens (including phenoxy) is 1. The van der Waals surface area contributed by atoms with Crippen molar-refractivity contribution in [1.82, 2.24) is 0 Å². The molecule has 4 heteroatoms. The first-order valence-corrected chi connectivity index (χ1v) is 7.67. The highest BCUT2D eigenvalue weighted by Crippen LogP contribution is 2.24. The Bertz CT molecular complexity index is 499. The first-order chi connectivity index (χ1) is 9.20. The molecule has 0 radical (unpaired) electrons. The molecule has 1 rings (SSSR count). The molecule has 0 saturated heterocycles. The van der Waals surface area contributed by atoms with Crippen LogP contribution >= 0.6 is 22.6 Å². The number of nitrogens with zero attached hydrogens (tertiary/aromatic N) is 1. The molecule has 0 aliphatic carbocycles. The molecule has 1 amide bonds. The maximum Gasteiger partial charge on any atom is 0.415 e. The highest BCUT2D eigenvalue weighted by atomic mass is 127. The van der Waals surface area contributed by atoms with E-state index in [1.54, 1.807) is 4.90 Å². The lowest BCUT2D eigenvalue weighted by Crippen LogP contribution is -2.37. The molecule has 0 fully saturated rings. The highest BCUT2D eigenvalue weighted by Gasteiger charge is 2.23. The quantitative estimate of drug-likeness (QED) is 0.540. The molecule has 0 spiro atoms. The molecule has 0 aliphatic heterocycles. The number of para-hydroxylation sites is 1. The van der Waals surface area contributed by atoms with Gasteiger partial charge in [0.25, 0.3) is 0 Å². The van der Waals surface area contributed by atoms with E-state index in [1.807, 2.05) is 65.0 Å². The number of benzene rings is 1. The maximum absolute atomic E-state index is 12.4. The Hall–Kier alpha value is -1.04. The van der Waals surface area contributed by atoms with E-state index in [1.165, 1.54) is 5.57 Å². The predicted octanol–water partition coefficient (Wildman–Crippen LogP) is 5.00. The zero-order valence-electron chi connectivity index (χ0n) is 12.7. The number of allylic oxidation sites excluding steroid dienone is 1. The van der Waals surface area contributed by atoms with Gasteiger partial charge in [0.15, 0.2) is 0 Å². The summed E-state index contributed by atoms with van der Waals surface area (Å²) in [6.07, 6.45) is 1.70. The van der Waals surface area contributed by atoms with Crippen LogP contribution in [-0.4, -0.2) is 18.2 Å². The zero-order valence-corrected chi connectivity index (χ0v) is 14.9. The number of carbonyl (C=O) groups excluding carboxylic acids is 1. The lowest BCUT2D eigenvalue weighted by atomic mass is 10.2. The van der Waals surface area contributed by atoms with E-state index in [0.717, 1.165) is 9.26 Å². The van der Waals surface area contributed by atoms with Gasteiger partial charge in [-0.25, -0.2) is 4.79 Å². The summed E-state index contributed by atoms with van der Waals surface area (Å²) in [7, 11) is 0. The molecule has 0 bridgehead atoms. The zero-order chi connectivity index (χ0) is 15.3. The molecule has 0 N–H and O–H groups in total. The number of anilines is 1. The van der Waals surface area contributed by atoms with E-state index in [9.17, 15) is 4.79 Å². The fourth-order valence-corrected chi connectivity index (χ4v) is 2.21. The lowest BCUT2D eigenvalue weighted by molar-refractivity contribution is 0.0584. The average Bonchev–Trinajstić information content (AvgIpc) is 2.28. The van der Waals surface area contributed by atoms with Crippen molar-refractivity contribution < 1.29 is 9.53 Å². The third-order valence-electron chi connectivity index (χ3n) is 2.44. The summed E-state index contributed by atoms with van der Waals surface area (Å²) in [5.41, 5.74) is 1.55. The minimum atomic E-state index is -0.499. The molecule has 0 heterocycles. The standard InChI is InChI=1S/C16H22INO2/c1-12(2)10-11-18(15(19)20-16(3,4)5)14-9-7-6-8-13(14)17/h6-10H,11H2,1-5H3. The van der Waals surface area contributed by atoms with Gasteiger partial charge in [0.1, 0.15) is 5.60 Å². The molecule has 3 nitrogen and oxygen atoms in total. The Morgan fingerprint density at radius 3 is 2.40 bits per heavy atom. The van der Waals surface area contributed by atoms with Crippen LogP contribution in [0.25, 0.3) is 0 Å². The van der Waals surface area contributed by atoms with Crippen LogP contribution in [0.1, 0.15) is 34.6 Å². The molecular weight excluding hydrogens is 365 g/mol. The van der Waals surface area contributed by atoms with Crippen molar-refractivity contribution in [2.75, 3.05) is 11.4 Å². The second kappa shape index (κ2) is 7.11. The smallest absolute Gasteiger partial charge is 0.415 e. The minimum absolute atomic E-state index is 0.320. The summed E-state index contributed by atoms with van der Waals surface area (Å²) in [5.74, 6) is 0. The Labute approximate surface area is 135 Å². The third kappa shape index (κ3) is 5.53. The Morgan fingerprint density at radius 1 is 1.30 bits per heavy atom. The minimum Gasteiger partial charge on any atom is -0.443 e. The van der Waals surface area contributed by atoms with Gasteiger partial charge in [-0.2, -0.15) is 0 Å². The van der Waals surface area contributed by atoms with Gasteiger partial charge in [-0.1, -0.05) is 23.8 Å². The third-order valence-corrected chi connectivity index (χ3v) is 3.35. The van der Waals surface area contributed by atoms with E-state index in [-0.39, 0.29) is 6.09 Å². The van der Waals surface area contributed by atoms with Crippen LogP contribution in [0.5, 0.6) is 0 Å². The van der Waals surface area contributed by atoms with Crippen molar-refractivity contribution >= 4 is 34.4 Å². The highest BCUT2D eigenvalue weighted by molar-refractivity contribution is 14.1. The second-order valence-corrected chi connectivity index (χ2v) is 6.99. The number of hydrogen-bond acceptors (Lipinski definition) is 2. The first-order valence-electron chi connectivity index (χ1n) is 6.59. The van der Waals surface area contributed by atoms with Gasteiger partial charge in [-0.05, 0) is 69.3 Å². The van der Waals surface area contributed by atoms with E-state index in [0.29, 0.717) is 6.54 Å². The Balaban J connectivity index is 3.06. The van der Waals surface area contributed by atoms with Gasteiger partial charge >= 0.3 is 6.09 Å². The molecule has 0 saturated carbocycles. The molecule has 110 valence electrons. The fraction of sp³-hybridized carbons (Fsp3) is 0.438. The summed E-state index contributed by atoms with van der Waals surface area (Å²) < 4.78 is 6.52. The molecule has 20 heavy (non-hydrogen) atoms. The summed E-state index contributed by atoms with van der Waals surface area (Å²) in [6.45, 7) is 10.2. The fourth-order valence-electron chi connectivity index (χ4n) is 1.53. The number of halogens is 1. The number of hydrogen-bond donors (Lipinski definition) is 0. The van der Waals surface area contributed by atoms with Crippen LogP contribution in [0.15, 0.2) is 35.9 Å². The van der Waals surface area contributed by atoms with Gasteiger partial charge in [0.2, 0.25) is 0 Å². The summed E-state index contributed by atoms with van der Waals surface area (Å²) >= 11 is 2.23. The molecule has 0 unspecified atom stereocenters. The van der Waals surface area contributed by atoms with Gasteiger partial charge in [-0.15, -0.1) is 0 Å².